The summed E-state index contributed by atoms with van der Waals surface area (Å²) in [4.78, 5) is 1.59. The van der Waals surface area contributed by atoms with E-state index in [9.17, 15) is 0 Å². The van der Waals surface area contributed by atoms with Crippen LogP contribution in [0.3, 0.4) is 0 Å². The van der Waals surface area contributed by atoms with Crippen molar-refractivity contribution >= 4 is 46.3 Å². The number of hydrogen-bond donors (Lipinski definition) is 1. The number of halogens is 2. The van der Waals surface area contributed by atoms with Gasteiger partial charge in [-0.05, 0) is 40.6 Å². The Balaban J connectivity index is 0.000000605. The molecular formula is C7H9ClINS. The van der Waals surface area contributed by atoms with Gasteiger partial charge in [0, 0.05) is 18.0 Å². The lowest BCUT2D eigenvalue weighted by atomic mass is 10.1. The van der Waals surface area contributed by atoms with Crippen LogP contribution in [-0.2, 0) is 13.0 Å². The molecule has 0 saturated heterocycles. The molecule has 0 aliphatic carbocycles. The van der Waals surface area contributed by atoms with Crippen LogP contribution in [0.4, 0.5) is 0 Å². The fraction of sp³-hybridized carbons (Fsp3) is 0.429. The van der Waals surface area contributed by atoms with Crippen LogP contribution in [0.1, 0.15) is 10.4 Å². The molecule has 2 heterocycles. The molecule has 0 bridgehead atoms. The Labute approximate surface area is 90.1 Å². The van der Waals surface area contributed by atoms with Crippen LogP contribution >= 0.6 is 46.3 Å². The Morgan fingerprint density at radius 3 is 3.09 bits per heavy atom. The van der Waals surface area contributed by atoms with Crippen molar-refractivity contribution in [2.24, 2.45) is 0 Å². The summed E-state index contributed by atoms with van der Waals surface area (Å²) in [7, 11) is 0. The number of rotatable bonds is 0. The summed E-state index contributed by atoms with van der Waals surface area (Å²) in [5, 5.41) is 3.36. The zero-order chi connectivity index (χ0) is 6.97. The summed E-state index contributed by atoms with van der Waals surface area (Å²) in [6.07, 6.45) is 1.23. The van der Waals surface area contributed by atoms with Crippen molar-refractivity contribution < 1.29 is 0 Å². The van der Waals surface area contributed by atoms with Crippen LogP contribution in [0, 0.1) is 2.88 Å². The molecule has 2 rings (SSSR count). The standard InChI is InChI=1S/C7H8INS.ClH/c8-7-3-5-4-9-2-1-6(5)10-7;/h3,9H,1-2,4H2;1H. The van der Waals surface area contributed by atoms with Crippen LogP contribution < -0.4 is 5.32 Å². The summed E-state index contributed by atoms with van der Waals surface area (Å²) in [6, 6.07) is 2.28. The van der Waals surface area contributed by atoms with Crippen molar-refractivity contribution in [1.29, 1.82) is 0 Å². The molecule has 0 atom stereocenters. The molecule has 1 N–H and O–H groups in total. The minimum atomic E-state index is 0. The molecule has 1 aromatic heterocycles. The summed E-state index contributed by atoms with van der Waals surface area (Å²) < 4.78 is 1.42. The number of fused-ring (bicyclic) bond motifs is 1. The smallest absolute Gasteiger partial charge is 0.0659 e. The van der Waals surface area contributed by atoms with E-state index in [1.807, 2.05) is 11.3 Å². The molecule has 0 spiro atoms. The molecule has 0 saturated carbocycles. The van der Waals surface area contributed by atoms with E-state index in [1.165, 1.54) is 14.9 Å². The summed E-state index contributed by atoms with van der Waals surface area (Å²) in [5.41, 5.74) is 1.51. The second-order valence-corrected chi connectivity index (χ2v) is 5.46. The molecule has 62 valence electrons. The Bertz CT molecular complexity index is 225. The van der Waals surface area contributed by atoms with Crippen molar-refractivity contribution in [3.05, 3.63) is 19.4 Å². The van der Waals surface area contributed by atoms with E-state index < -0.39 is 0 Å². The maximum atomic E-state index is 3.36. The molecule has 1 aliphatic heterocycles. The van der Waals surface area contributed by atoms with E-state index in [4.69, 9.17) is 0 Å². The minimum Gasteiger partial charge on any atom is -0.312 e. The van der Waals surface area contributed by atoms with Crippen molar-refractivity contribution in [2.75, 3.05) is 6.54 Å². The second kappa shape index (κ2) is 4.07. The van der Waals surface area contributed by atoms with Gasteiger partial charge in [0.05, 0.1) is 2.88 Å². The van der Waals surface area contributed by atoms with Crippen molar-refractivity contribution in [3.63, 3.8) is 0 Å². The van der Waals surface area contributed by atoms with E-state index in [-0.39, 0.29) is 12.4 Å². The van der Waals surface area contributed by atoms with Gasteiger partial charge in [-0.1, -0.05) is 0 Å². The first-order valence-electron chi connectivity index (χ1n) is 3.34. The van der Waals surface area contributed by atoms with E-state index in [1.54, 1.807) is 4.88 Å². The first-order chi connectivity index (χ1) is 4.86. The van der Waals surface area contributed by atoms with E-state index in [0.717, 1.165) is 13.1 Å². The van der Waals surface area contributed by atoms with E-state index in [2.05, 4.69) is 34.0 Å². The Morgan fingerprint density at radius 1 is 1.55 bits per heavy atom. The Kier molecular flexibility index (Phi) is 3.61. The van der Waals surface area contributed by atoms with Gasteiger partial charge in [-0.15, -0.1) is 23.7 Å². The maximum absolute atomic E-state index is 3.36. The van der Waals surface area contributed by atoms with Crippen molar-refractivity contribution in [3.8, 4) is 0 Å². The molecule has 0 unspecified atom stereocenters. The highest BCUT2D eigenvalue weighted by Crippen LogP contribution is 2.25. The number of thiophene rings is 1. The summed E-state index contributed by atoms with van der Waals surface area (Å²) in [5.74, 6) is 0. The van der Waals surface area contributed by atoms with Gasteiger partial charge in [-0.3, -0.25) is 0 Å². The highest BCUT2D eigenvalue weighted by atomic mass is 127. The van der Waals surface area contributed by atoms with Crippen LogP contribution in [-0.4, -0.2) is 6.54 Å². The van der Waals surface area contributed by atoms with E-state index in [0.29, 0.717) is 0 Å². The normalized spacial score (nSPS) is 15.4. The first kappa shape index (κ1) is 9.77. The average Bonchev–Trinajstić information content (AvgIpc) is 2.27. The molecule has 0 aromatic carbocycles. The van der Waals surface area contributed by atoms with E-state index >= 15 is 0 Å². The van der Waals surface area contributed by atoms with Crippen molar-refractivity contribution in [1.82, 2.24) is 5.32 Å². The minimum absolute atomic E-state index is 0. The Hall–Kier alpha value is 0.680. The second-order valence-electron chi connectivity index (χ2n) is 2.43. The molecule has 0 radical (unpaired) electrons. The van der Waals surface area contributed by atoms with Gasteiger partial charge in [0.25, 0.3) is 0 Å². The van der Waals surface area contributed by atoms with Crippen LogP contribution in [0.15, 0.2) is 6.07 Å². The lowest BCUT2D eigenvalue weighted by Crippen LogP contribution is -2.21. The van der Waals surface area contributed by atoms with Gasteiger partial charge in [0.1, 0.15) is 0 Å². The third-order valence-electron chi connectivity index (χ3n) is 1.71. The SMILES string of the molecule is Cl.Ic1cc2c(s1)CCNC2. The van der Waals surface area contributed by atoms with Gasteiger partial charge in [0.15, 0.2) is 0 Å². The van der Waals surface area contributed by atoms with Crippen LogP contribution in [0.2, 0.25) is 0 Å². The number of nitrogens with one attached hydrogen (secondary N) is 1. The molecule has 4 heteroatoms. The fourth-order valence-electron chi connectivity index (χ4n) is 1.22. The topological polar surface area (TPSA) is 12.0 Å². The molecule has 1 aliphatic rings. The highest BCUT2D eigenvalue weighted by molar-refractivity contribution is 14.1. The molecule has 0 fully saturated rings. The average molecular weight is 302 g/mol. The Morgan fingerprint density at radius 2 is 2.36 bits per heavy atom. The molecule has 11 heavy (non-hydrogen) atoms. The zero-order valence-corrected chi connectivity index (χ0v) is 9.68. The van der Waals surface area contributed by atoms with Gasteiger partial charge >= 0.3 is 0 Å². The predicted molar refractivity (Wildman–Crippen MR) is 59.7 cm³/mol. The summed E-state index contributed by atoms with van der Waals surface area (Å²) in [6.45, 7) is 2.23. The lowest BCUT2D eigenvalue weighted by Gasteiger charge is -2.10. The third-order valence-corrected chi connectivity index (χ3v) is 3.71. The van der Waals surface area contributed by atoms with Crippen LogP contribution in [0.5, 0.6) is 0 Å². The van der Waals surface area contributed by atoms with Gasteiger partial charge in [0.2, 0.25) is 0 Å². The molecular weight excluding hydrogens is 293 g/mol. The highest BCUT2D eigenvalue weighted by Gasteiger charge is 2.10. The third kappa shape index (κ3) is 2.08. The van der Waals surface area contributed by atoms with Crippen molar-refractivity contribution in [2.45, 2.75) is 13.0 Å². The quantitative estimate of drug-likeness (QED) is 0.726. The number of hydrogen-bond acceptors (Lipinski definition) is 2. The largest absolute Gasteiger partial charge is 0.312 e. The molecule has 1 nitrogen and oxygen atoms in total. The summed E-state index contributed by atoms with van der Waals surface area (Å²) >= 11 is 4.33. The predicted octanol–water partition coefficient (Wildman–Crippen LogP) is 2.42. The molecule has 1 aromatic rings. The monoisotopic (exact) mass is 301 g/mol. The van der Waals surface area contributed by atoms with Crippen LogP contribution in [0.25, 0.3) is 0 Å². The first-order valence-corrected chi connectivity index (χ1v) is 5.23. The zero-order valence-electron chi connectivity index (χ0n) is 5.89. The van der Waals surface area contributed by atoms with Gasteiger partial charge in [-0.2, -0.15) is 0 Å². The fourth-order valence-corrected chi connectivity index (χ4v) is 3.29. The lowest BCUT2D eigenvalue weighted by molar-refractivity contribution is 0.653. The van der Waals surface area contributed by atoms with Gasteiger partial charge in [-0.25, -0.2) is 0 Å². The molecule has 0 amide bonds. The van der Waals surface area contributed by atoms with Gasteiger partial charge < -0.3 is 5.32 Å². The maximum Gasteiger partial charge on any atom is 0.0659 e.